The van der Waals surface area contributed by atoms with E-state index in [0.29, 0.717) is 25.9 Å². The number of aliphatic hydroxyl groups is 1. The molecule has 1 saturated heterocycles. The van der Waals surface area contributed by atoms with Crippen molar-refractivity contribution in [2.75, 3.05) is 19.7 Å². The summed E-state index contributed by atoms with van der Waals surface area (Å²) in [5.74, 6) is -0.958. The molecule has 1 heterocycles. The summed E-state index contributed by atoms with van der Waals surface area (Å²) >= 11 is 0. The Kier molecular flexibility index (Phi) is 8.53. The number of hydrogen-bond donors (Lipinski definition) is 3. The van der Waals surface area contributed by atoms with Gasteiger partial charge >= 0.3 is 6.09 Å². The highest BCUT2D eigenvalue weighted by molar-refractivity contribution is 6.12. The fourth-order valence-electron chi connectivity index (χ4n) is 3.27. The van der Waals surface area contributed by atoms with E-state index in [9.17, 15) is 19.5 Å². The number of piperidine rings is 1. The van der Waals surface area contributed by atoms with E-state index in [1.807, 2.05) is 13.8 Å². The quantitative estimate of drug-likeness (QED) is 0.358. The Morgan fingerprint density at radius 2 is 1.77 bits per heavy atom. The average Bonchev–Trinajstić information content (AvgIpc) is 2.72. The summed E-state index contributed by atoms with van der Waals surface area (Å²) in [5, 5.41) is 20.1. The molecule has 2 amide bonds. The number of likely N-dealkylation sites (tertiary alicyclic amines) is 1. The number of ether oxygens (including phenoxy) is 1. The fraction of sp³-hybridized carbons (Fsp3) is 0.545. The molecule has 1 atom stereocenters. The molecule has 1 aliphatic rings. The maximum absolute atomic E-state index is 12.9. The second kappa shape index (κ2) is 10.9. The Morgan fingerprint density at radius 3 is 2.37 bits per heavy atom. The lowest BCUT2D eigenvalue weighted by molar-refractivity contribution is -0.136. The third-order valence-electron chi connectivity index (χ3n) is 4.96. The van der Waals surface area contributed by atoms with E-state index in [4.69, 9.17) is 10.1 Å². The zero-order chi connectivity index (χ0) is 22.3. The summed E-state index contributed by atoms with van der Waals surface area (Å²) in [7, 11) is 0. The van der Waals surface area contributed by atoms with Crippen molar-refractivity contribution in [3.05, 3.63) is 35.4 Å². The van der Waals surface area contributed by atoms with Crippen LogP contribution in [0.3, 0.4) is 0 Å². The van der Waals surface area contributed by atoms with Crippen molar-refractivity contribution < 1.29 is 24.2 Å². The molecule has 164 valence electrons. The lowest BCUT2D eigenvalue weighted by atomic mass is 9.94. The van der Waals surface area contributed by atoms with Crippen LogP contribution in [-0.2, 0) is 9.53 Å². The number of benzene rings is 1. The van der Waals surface area contributed by atoms with Crippen LogP contribution in [0.15, 0.2) is 24.3 Å². The van der Waals surface area contributed by atoms with Crippen LogP contribution in [0.4, 0.5) is 4.79 Å². The first-order valence-electron chi connectivity index (χ1n) is 10.3. The molecule has 1 aromatic carbocycles. The molecule has 8 nitrogen and oxygen atoms in total. The number of rotatable bonds is 7. The summed E-state index contributed by atoms with van der Waals surface area (Å²) in [6.07, 6.45) is -0.0222. The number of nitrogens with zero attached hydrogens (tertiary/aromatic N) is 1. The molecule has 1 aliphatic heterocycles. The van der Waals surface area contributed by atoms with Gasteiger partial charge in [0.05, 0.1) is 12.7 Å². The zero-order valence-corrected chi connectivity index (χ0v) is 17.8. The summed E-state index contributed by atoms with van der Waals surface area (Å²) in [6, 6.07) is 6.52. The first-order chi connectivity index (χ1) is 14.2. The van der Waals surface area contributed by atoms with Gasteiger partial charge in [-0.15, -0.1) is 0 Å². The molecular formula is C22H31N3O5. The highest BCUT2D eigenvalue weighted by Crippen LogP contribution is 2.19. The topological polar surface area (TPSA) is 120 Å². The van der Waals surface area contributed by atoms with Crippen molar-refractivity contribution in [2.45, 2.75) is 46.1 Å². The third-order valence-corrected chi connectivity index (χ3v) is 4.96. The maximum Gasteiger partial charge on any atom is 0.412 e. The van der Waals surface area contributed by atoms with Gasteiger partial charge in [0.1, 0.15) is 5.84 Å². The van der Waals surface area contributed by atoms with Crippen molar-refractivity contribution in [1.29, 1.82) is 5.41 Å². The number of amides is 2. The molecule has 2 rings (SSSR count). The molecule has 8 heteroatoms. The van der Waals surface area contributed by atoms with Crippen molar-refractivity contribution in [2.24, 2.45) is 11.8 Å². The van der Waals surface area contributed by atoms with Gasteiger partial charge in [0.15, 0.2) is 5.78 Å². The molecule has 3 N–H and O–H groups in total. The van der Waals surface area contributed by atoms with E-state index in [1.54, 1.807) is 36.1 Å². The van der Waals surface area contributed by atoms with Crippen LogP contribution < -0.4 is 5.32 Å². The number of carbonyl (C=O) groups excluding carboxylic acids is 3. The van der Waals surface area contributed by atoms with E-state index in [-0.39, 0.29) is 53.7 Å². The number of amidine groups is 1. The second-order valence-corrected chi connectivity index (χ2v) is 8.12. The first-order valence-corrected chi connectivity index (χ1v) is 10.3. The Morgan fingerprint density at radius 1 is 1.17 bits per heavy atom. The highest BCUT2D eigenvalue weighted by Gasteiger charge is 2.27. The fourth-order valence-corrected chi connectivity index (χ4v) is 3.27. The number of nitrogens with one attached hydrogen (secondary N) is 2. The van der Waals surface area contributed by atoms with Gasteiger partial charge in [-0.1, -0.05) is 45.0 Å². The lowest BCUT2D eigenvalue weighted by Gasteiger charge is -2.31. The van der Waals surface area contributed by atoms with Crippen LogP contribution in [0.5, 0.6) is 0 Å². The minimum atomic E-state index is -0.744. The van der Waals surface area contributed by atoms with Gasteiger partial charge in [-0.2, -0.15) is 0 Å². The second-order valence-electron chi connectivity index (χ2n) is 8.12. The molecule has 0 radical (unpaired) electrons. The Balaban J connectivity index is 2.01. The Labute approximate surface area is 177 Å². The van der Waals surface area contributed by atoms with Crippen LogP contribution in [-0.4, -0.2) is 59.4 Å². The van der Waals surface area contributed by atoms with Crippen LogP contribution in [0.25, 0.3) is 0 Å². The molecule has 1 aromatic rings. The van der Waals surface area contributed by atoms with Gasteiger partial charge in [-0.05, 0) is 18.8 Å². The van der Waals surface area contributed by atoms with Crippen LogP contribution in [0, 0.1) is 17.2 Å². The number of hydrogen-bond acceptors (Lipinski definition) is 6. The van der Waals surface area contributed by atoms with E-state index in [2.05, 4.69) is 5.32 Å². The molecule has 1 unspecified atom stereocenters. The summed E-state index contributed by atoms with van der Waals surface area (Å²) < 4.78 is 5.02. The summed E-state index contributed by atoms with van der Waals surface area (Å²) in [4.78, 5) is 39.0. The monoisotopic (exact) mass is 417 g/mol. The Hall–Kier alpha value is -2.74. The predicted octanol–water partition coefficient (Wildman–Crippen LogP) is 2.59. The third kappa shape index (κ3) is 6.66. The smallest absolute Gasteiger partial charge is 0.412 e. The van der Waals surface area contributed by atoms with Crippen molar-refractivity contribution in [3.63, 3.8) is 0 Å². The Bertz CT molecular complexity index is 785. The maximum atomic E-state index is 12.9. The minimum Gasteiger partial charge on any atom is -0.449 e. The first kappa shape index (κ1) is 23.5. The number of ketones is 1. The van der Waals surface area contributed by atoms with Gasteiger partial charge in [-0.25, -0.2) is 4.79 Å². The molecule has 0 aromatic heterocycles. The molecule has 0 spiro atoms. The standard InChI is InChI=1S/C22H31N3O5/c1-14(2)13-30-22(29)24-20(23)18-7-5-4-6-17(18)19(27)12-15(3)21(28)25-10-8-16(26)9-11-25/h4-7,14-16,26H,8-13H2,1-3H3,(H2,23,24,29). The molecule has 0 saturated carbocycles. The van der Waals surface area contributed by atoms with Gasteiger partial charge < -0.3 is 14.7 Å². The van der Waals surface area contributed by atoms with Gasteiger partial charge in [0.25, 0.3) is 0 Å². The van der Waals surface area contributed by atoms with Crippen LogP contribution in [0.1, 0.15) is 56.0 Å². The zero-order valence-electron chi connectivity index (χ0n) is 17.8. The molecule has 1 fully saturated rings. The normalized spacial score (nSPS) is 15.6. The molecule has 0 bridgehead atoms. The number of carbonyl (C=O) groups is 3. The average molecular weight is 418 g/mol. The van der Waals surface area contributed by atoms with E-state index in [0.717, 1.165) is 0 Å². The number of alkyl carbamates (subject to hydrolysis) is 1. The number of Topliss-reactive ketones (excluding diaryl/α,β-unsaturated/α-hetero) is 1. The van der Waals surface area contributed by atoms with Gasteiger partial charge in [-0.3, -0.25) is 20.3 Å². The van der Waals surface area contributed by atoms with Crippen LogP contribution in [0.2, 0.25) is 0 Å². The minimum absolute atomic E-state index is 0.0000237. The summed E-state index contributed by atoms with van der Waals surface area (Å²) in [6.45, 7) is 6.72. The van der Waals surface area contributed by atoms with Crippen molar-refractivity contribution in [3.8, 4) is 0 Å². The van der Waals surface area contributed by atoms with E-state index < -0.39 is 12.0 Å². The lowest BCUT2D eigenvalue weighted by Crippen LogP contribution is -2.43. The van der Waals surface area contributed by atoms with Crippen molar-refractivity contribution >= 4 is 23.6 Å². The van der Waals surface area contributed by atoms with E-state index in [1.165, 1.54) is 0 Å². The van der Waals surface area contributed by atoms with E-state index >= 15 is 0 Å². The summed E-state index contributed by atoms with van der Waals surface area (Å²) in [5.41, 5.74) is 0.560. The molecular weight excluding hydrogens is 386 g/mol. The van der Waals surface area contributed by atoms with Gasteiger partial charge in [0.2, 0.25) is 5.91 Å². The number of aliphatic hydroxyl groups excluding tert-OH is 1. The molecule has 0 aliphatic carbocycles. The predicted molar refractivity (Wildman–Crippen MR) is 113 cm³/mol. The van der Waals surface area contributed by atoms with Gasteiger partial charge in [0, 0.05) is 36.6 Å². The SMILES string of the molecule is CC(C)COC(=O)NC(=N)c1ccccc1C(=O)CC(C)C(=O)N1CCC(O)CC1. The van der Waals surface area contributed by atoms with Crippen LogP contribution >= 0.6 is 0 Å². The molecule has 30 heavy (non-hydrogen) atoms. The largest absolute Gasteiger partial charge is 0.449 e. The van der Waals surface area contributed by atoms with Crippen molar-refractivity contribution in [1.82, 2.24) is 10.2 Å². The highest BCUT2D eigenvalue weighted by atomic mass is 16.5.